The van der Waals surface area contributed by atoms with E-state index in [1.54, 1.807) is 49.0 Å². The van der Waals surface area contributed by atoms with Crippen LogP contribution in [-0.2, 0) is 11.3 Å². The number of nitrogens with zero attached hydrogens (tertiary/aromatic N) is 2. The van der Waals surface area contributed by atoms with Crippen LogP contribution in [0, 0.1) is 0 Å². The Balaban J connectivity index is 1.54. The van der Waals surface area contributed by atoms with Crippen LogP contribution in [0.3, 0.4) is 0 Å². The molecule has 0 spiro atoms. The van der Waals surface area contributed by atoms with Crippen molar-refractivity contribution in [3.05, 3.63) is 54.7 Å². The standard InChI is InChI=1S/C15H13N3O3/c19-15(18-9-12-2-1-7-20-12)10-21-11-3-4-13-14(8-11)17-6-5-16-13/h1-8H,9-10H2,(H,18,19). The molecule has 0 bridgehead atoms. The van der Waals surface area contributed by atoms with Crippen molar-refractivity contribution in [3.63, 3.8) is 0 Å². The van der Waals surface area contributed by atoms with Crippen LogP contribution in [0.15, 0.2) is 53.4 Å². The number of nitrogens with one attached hydrogen (secondary N) is 1. The van der Waals surface area contributed by atoms with Crippen molar-refractivity contribution >= 4 is 16.9 Å². The quantitative estimate of drug-likeness (QED) is 0.774. The fraction of sp³-hybridized carbons (Fsp3) is 0.133. The van der Waals surface area contributed by atoms with Gasteiger partial charge in [0.15, 0.2) is 6.61 Å². The van der Waals surface area contributed by atoms with E-state index in [9.17, 15) is 4.79 Å². The average Bonchev–Trinajstić information content (AvgIpc) is 3.04. The van der Waals surface area contributed by atoms with Crippen molar-refractivity contribution in [2.24, 2.45) is 0 Å². The largest absolute Gasteiger partial charge is 0.484 e. The Morgan fingerprint density at radius 3 is 2.86 bits per heavy atom. The van der Waals surface area contributed by atoms with E-state index in [1.165, 1.54) is 0 Å². The molecule has 21 heavy (non-hydrogen) atoms. The van der Waals surface area contributed by atoms with Gasteiger partial charge in [0.1, 0.15) is 11.5 Å². The lowest BCUT2D eigenvalue weighted by Crippen LogP contribution is -2.28. The molecule has 2 aromatic heterocycles. The van der Waals surface area contributed by atoms with Gasteiger partial charge in [0.25, 0.3) is 5.91 Å². The van der Waals surface area contributed by atoms with Gasteiger partial charge >= 0.3 is 0 Å². The summed E-state index contributed by atoms with van der Waals surface area (Å²) in [5.41, 5.74) is 1.51. The van der Waals surface area contributed by atoms with Gasteiger partial charge < -0.3 is 14.5 Å². The monoisotopic (exact) mass is 283 g/mol. The number of fused-ring (bicyclic) bond motifs is 1. The molecule has 0 radical (unpaired) electrons. The molecule has 106 valence electrons. The molecule has 0 aliphatic carbocycles. The first kappa shape index (κ1) is 13.1. The Bertz CT molecular complexity index is 741. The lowest BCUT2D eigenvalue weighted by Gasteiger charge is -2.07. The van der Waals surface area contributed by atoms with Crippen LogP contribution in [0.1, 0.15) is 5.76 Å². The van der Waals surface area contributed by atoms with Crippen LogP contribution in [0.5, 0.6) is 5.75 Å². The summed E-state index contributed by atoms with van der Waals surface area (Å²) >= 11 is 0. The van der Waals surface area contributed by atoms with Gasteiger partial charge in [0, 0.05) is 18.5 Å². The highest BCUT2D eigenvalue weighted by molar-refractivity contribution is 5.78. The molecule has 2 heterocycles. The maximum Gasteiger partial charge on any atom is 0.258 e. The van der Waals surface area contributed by atoms with Crippen LogP contribution in [0.25, 0.3) is 11.0 Å². The molecule has 1 N–H and O–H groups in total. The summed E-state index contributed by atoms with van der Waals surface area (Å²) < 4.78 is 10.6. The normalized spacial score (nSPS) is 10.5. The smallest absolute Gasteiger partial charge is 0.258 e. The number of rotatable bonds is 5. The zero-order valence-electron chi connectivity index (χ0n) is 11.2. The van der Waals surface area contributed by atoms with Gasteiger partial charge in [-0.3, -0.25) is 14.8 Å². The third-order valence-corrected chi connectivity index (χ3v) is 2.85. The molecule has 0 aliphatic rings. The summed E-state index contributed by atoms with van der Waals surface area (Å²) in [6.45, 7) is 0.283. The van der Waals surface area contributed by atoms with E-state index in [4.69, 9.17) is 9.15 Å². The lowest BCUT2D eigenvalue weighted by atomic mass is 10.3. The van der Waals surface area contributed by atoms with Crippen LogP contribution in [-0.4, -0.2) is 22.5 Å². The first-order valence-corrected chi connectivity index (χ1v) is 6.44. The van der Waals surface area contributed by atoms with Crippen LogP contribution in [0.4, 0.5) is 0 Å². The molecule has 6 heteroatoms. The number of hydrogen-bond donors (Lipinski definition) is 1. The summed E-state index contributed by atoms with van der Waals surface area (Å²) in [6.07, 6.45) is 4.81. The van der Waals surface area contributed by atoms with Gasteiger partial charge in [-0.2, -0.15) is 0 Å². The minimum atomic E-state index is -0.217. The molecule has 6 nitrogen and oxygen atoms in total. The summed E-state index contributed by atoms with van der Waals surface area (Å²) in [5, 5.41) is 2.71. The first-order chi connectivity index (χ1) is 10.3. The molecular formula is C15H13N3O3. The fourth-order valence-electron chi connectivity index (χ4n) is 1.83. The third kappa shape index (κ3) is 3.36. The van der Waals surface area contributed by atoms with Gasteiger partial charge in [-0.25, -0.2) is 0 Å². The minimum Gasteiger partial charge on any atom is -0.484 e. The van der Waals surface area contributed by atoms with E-state index < -0.39 is 0 Å². The topological polar surface area (TPSA) is 77.2 Å². The second-order valence-electron chi connectivity index (χ2n) is 4.35. The van der Waals surface area contributed by atoms with Crippen molar-refractivity contribution < 1.29 is 13.9 Å². The molecule has 0 fully saturated rings. The van der Waals surface area contributed by atoms with E-state index in [0.29, 0.717) is 18.1 Å². The molecule has 0 aliphatic heterocycles. The number of hydrogen-bond acceptors (Lipinski definition) is 5. The highest BCUT2D eigenvalue weighted by Crippen LogP contribution is 2.16. The highest BCUT2D eigenvalue weighted by Gasteiger charge is 2.05. The maximum absolute atomic E-state index is 11.7. The Morgan fingerprint density at radius 2 is 2.05 bits per heavy atom. The summed E-state index contributed by atoms with van der Waals surface area (Å²) in [4.78, 5) is 20.0. The van der Waals surface area contributed by atoms with Gasteiger partial charge in [-0.05, 0) is 24.3 Å². The number of benzene rings is 1. The van der Waals surface area contributed by atoms with Crippen molar-refractivity contribution in [1.82, 2.24) is 15.3 Å². The molecular weight excluding hydrogens is 270 g/mol. The number of carbonyl (C=O) groups excluding carboxylic acids is 1. The second-order valence-corrected chi connectivity index (χ2v) is 4.35. The Labute approximate surface area is 120 Å². The number of furan rings is 1. The first-order valence-electron chi connectivity index (χ1n) is 6.44. The lowest BCUT2D eigenvalue weighted by molar-refractivity contribution is -0.123. The predicted molar refractivity (Wildman–Crippen MR) is 75.6 cm³/mol. The van der Waals surface area contributed by atoms with E-state index in [0.717, 1.165) is 11.0 Å². The maximum atomic E-state index is 11.7. The van der Waals surface area contributed by atoms with Crippen molar-refractivity contribution in [3.8, 4) is 5.75 Å². The van der Waals surface area contributed by atoms with E-state index >= 15 is 0 Å². The van der Waals surface area contributed by atoms with Gasteiger partial charge in [0.05, 0.1) is 23.8 Å². The van der Waals surface area contributed by atoms with Crippen LogP contribution in [0.2, 0.25) is 0 Å². The highest BCUT2D eigenvalue weighted by atomic mass is 16.5. The second kappa shape index (κ2) is 6.04. The molecule has 0 saturated heterocycles. The average molecular weight is 283 g/mol. The van der Waals surface area contributed by atoms with Gasteiger partial charge in [0.2, 0.25) is 0 Å². The molecule has 0 saturated carbocycles. The van der Waals surface area contributed by atoms with Crippen molar-refractivity contribution in [2.75, 3.05) is 6.61 Å². The molecule has 0 unspecified atom stereocenters. The number of carbonyl (C=O) groups is 1. The summed E-state index contributed by atoms with van der Waals surface area (Å²) in [6, 6.07) is 8.88. The minimum absolute atomic E-state index is 0.0630. The van der Waals surface area contributed by atoms with Gasteiger partial charge in [-0.15, -0.1) is 0 Å². The number of amides is 1. The van der Waals surface area contributed by atoms with E-state index in [-0.39, 0.29) is 12.5 Å². The molecule has 1 amide bonds. The molecule has 0 atom stereocenters. The SMILES string of the molecule is O=C(COc1ccc2nccnc2c1)NCc1ccco1. The van der Waals surface area contributed by atoms with Gasteiger partial charge in [-0.1, -0.05) is 0 Å². The van der Waals surface area contributed by atoms with Crippen molar-refractivity contribution in [2.45, 2.75) is 6.54 Å². The summed E-state index contributed by atoms with van der Waals surface area (Å²) in [7, 11) is 0. The van der Waals surface area contributed by atoms with Crippen LogP contribution < -0.4 is 10.1 Å². The van der Waals surface area contributed by atoms with Crippen molar-refractivity contribution in [1.29, 1.82) is 0 Å². The number of ether oxygens (including phenoxy) is 1. The fourth-order valence-corrected chi connectivity index (χ4v) is 1.83. The number of aromatic nitrogens is 2. The zero-order valence-corrected chi connectivity index (χ0v) is 11.2. The van der Waals surface area contributed by atoms with Crippen LogP contribution >= 0.6 is 0 Å². The Hall–Kier alpha value is -2.89. The Kier molecular flexibility index (Phi) is 3.77. The third-order valence-electron chi connectivity index (χ3n) is 2.85. The van der Waals surface area contributed by atoms with E-state index in [1.807, 2.05) is 0 Å². The molecule has 3 aromatic rings. The Morgan fingerprint density at radius 1 is 1.19 bits per heavy atom. The summed E-state index contributed by atoms with van der Waals surface area (Å²) in [5.74, 6) is 1.06. The molecule has 3 rings (SSSR count). The predicted octanol–water partition coefficient (Wildman–Crippen LogP) is 1.92. The van der Waals surface area contributed by atoms with E-state index in [2.05, 4.69) is 15.3 Å². The molecule has 1 aromatic carbocycles. The zero-order chi connectivity index (χ0) is 14.5.